The molecule has 3 amide bonds. The van der Waals surface area contributed by atoms with E-state index in [-0.39, 0.29) is 12.5 Å². The number of fused-ring (bicyclic) bond motifs is 1. The molecule has 8 heteroatoms. The maximum Gasteiger partial charge on any atom is 0.319 e. The fourth-order valence-corrected chi connectivity index (χ4v) is 3.48. The molecule has 3 rings (SSSR count). The Balaban J connectivity index is 1.68. The summed E-state index contributed by atoms with van der Waals surface area (Å²) in [6.45, 7) is 1.75. The van der Waals surface area contributed by atoms with Crippen molar-refractivity contribution < 1.29 is 14.3 Å². The van der Waals surface area contributed by atoms with Gasteiger partial charge in [-0.2, -0.15) is 0 Å². The van der Waals surface area contributed by atoms with E-state index in [1.807, 2.05) is 36.4 Å². The van der Waals surface area contributed by atoms with Gasteiger partial charge in [0.1, 0.15) is 18.4 Å². The minimum atomic E-state index is -0.841. The normalized spacial score (nSPS) is 16.6. The van der Waals surface area contributed by atoms with Crippen molar-refractivity contribution in [1.82, 2.24) is 10.6 Å². The van der Waals surface area contributed by atoms with Gasteiger partial charge in [0.25, 0.3) is 5.91 Å². The predicted octanol–water partition coefficient (Wildman–Crippen LogP) is 3.64. The van der Waals surface area contributed by atoms with Gasteiger partial charge < -0.3 is 25.7 Å². The van der Waals surface area contributed by atoms with Crippen molar-refractivity contribution in [2.45, 2.75) is 19.4 Å². The Morgan fingerprint density at radius 1 is 1.30 bits per heavy atom. The maximum absolute atomic E-state index is 12.8. The average molecular weight is 471 g/mol. The SMILES string of the molecule is C/C(NC(=O)NC1COc2ccc(Br)cc2N(C)C1=O)=C(/C=N)Cc1ccccc1. The number of carbonyl (C=O) groups is 2. The Labute approximate surface area is 183 Å². The Bertz CT molecular complexity index is 991. The van der Waals surface area contributed by atoms with Crippen molar-refractivity contribution in [1.29, 1.82) is 5.41 Å². The molecule has 0 bridgehead atoms. The second kappa shape index (κ2) is 9.58. The first-order valence-electron chi connectivity index (χ1n) is 9.40. The van der Waals surface area contributed by atoms with Crippen LogP contribution in [0.5, 0.6) is 5.75 Å². The van der Waals surface area contributed by atoms with E-state index in [1.54, 1.807) is 26.1 Å². The number of allylic oxidation sites excluding steroid dienone is 2. The Hall–Kier alpha value is -3.13. The van der Waals surface area contributed by atoms with Crippen LogP contribution in [0.25, 0.3) is 0 Å². The van der Waals surface area contributed by atoms with Crippen LogP contribution in [0.2, 0.25) is 0 Å². The summed E-state index contributed by atoms with van der Waals surface area (Å²) in [5, 5.41) is 13.1. The first kappa shape index (κ1) is 21.6. The highest BCUT2D eigenvalue weighted by atomic mass is 79.9. The van der Waals surface area contributed by atoms with Crippen molar-refractivity contribution in [2.75, 3.05) is 18.6 Å². The highest BCUT2D eigenvalue weighted by Gasteiger charge is 2.30. The van der Waals surface area contributed by atoms with Gasteiger partial charge in [0.2, 0.25) is 0 Å². The van der Waals surface area contributed by atoms with E-state index in [4.69, 9.17) is 10.1 Å². The van der Waals surface area contributed by atoms with Gasteiger partial charge >= 0.3 is 6.03 Å². The molecule has 1 heterocycles. The van der Waals surface area contributed by atoms with Gasteiger partial charge in [0, 0.05) is 29.9 Å². The summed E-state index contributed by atoms with van der Waals surface area (Å²) >= 11 is 3.39. The van der Waals surface area contributed by atoms with Crippen molar-refractivity contribution in [3.05, 3.63) is 69.8 Å². The lowest BCUT2D eigenvalue weighted by Crippen LogP contribution is -2.52. The number of benzene rings is 2. The lowest BCUT2D eigenvalue weighted by molar-refractivity contribution is -0.120. The lowest BCUT2D eigenvalue weighted by Gasteiger charge is -2.21. The number of hydrogen-bond donors (Lipinski definition) is 3. The molecule has 0 fully saturated rings. The highest BCUT2D eigenvalue weighted by Crippen LogP contribution is 2.33. The van der Waals surface area contributed by atoms with Gasteiger partial charge in [0.05, 0.1) is 5.69 Å². The van der Waals surface area contributed by atoms with Gasteiger partial charge in [0.15, 0.2) is 0 Å². The van der Waals surface area contributed by atoms with E-state index >= 15 is 0 Å². The quantitative estimate of drug-likeness (QED) is 0.582. The monoisotopic (exact) mass is 470 g/mol. The number of amides is 3. The largest absolute Gasteiger partial charge is 0.489 e. The molecule has 1 atom stereocenters. The number of halogens is 1. The smallest absolute Gasteiger partial charge is 0.319 e. The summed E-state index contributed by atoms with van der Waals surface area (Å²) in [6.07, 6.45) is 1.75. The second-order valence-electron chi connectivity index (χ2n) is 6.93. The summed E-state index contributed by atoms with van der Waals surface area (Å²) in [6, 6.07) is 13.7. The Morgan fingerprint density at radius 3 is 2.73 bits per heavy atom. The zero-order valence-corrected chi connectivity index (χ0v) is 18.3. The summed E-state index contributed by atoms with van der Waals surface area (Å²) in [7, 11) is 1.65. The van der Waals surface area contributed by atoms with E-state index in [2.05, 4.69) is 26.6 Å². The summed E-state index contributed by atoms with van der Waals surface area (Å²) in [5.74, 6) is 0.295. The molecule has 1 aliphatic heterocycles. The van der Waals surface area contributed by atoms with Gasteiger partial charge in [-0.3, -0.25) is 4.79 Å². The molecule has 1 unspecified atom stereocenters. The van der Waals surface area contributed by atoms with E-state index < -0.39 is 12.1 Å². The van der Waals surface area contributed by atoms with Gasteiger partial charge in [-0.15, -0.1) is 0 Å². The molecule has 2 aromatic carbocycles. The van der Waals surface area contributed by atoms with E-state index in [1.165, 1.54) is 11.1 Å². The molecule has 7 nitrogen and oxygen atoms in total. The van der Waals surface area contributed by atoms with Crippen LogP contribution in [0.3, 0.4) is 0 Å². The number of rotatable bonds is 5. The molecular formula is C22H23BrN4O3. The van der Waals surface area contributed by atoms with Gasteiger partial charge in [-0.1, -0.05) is 46.3 Å². The first-order chi connectivity index (χ1) is 14.4. The minimum Gasteiger partial charge on any atom is -0.489 e. The van der Waals surface area contributed by atoms with Crippen molar-refractivity contribution in [2.24, 2.45) is 0 Å². The number of urea groups is 1. The van der Waals surface area contributed by atoms with Crippen LogP contribution < -0.4 is 20.3 Å². The highest BCUT2D eigenvalue weighted by molar-refractivity contribution is 9.10. The third kappa shape index (κ3) is 5.07. The number of hydrogen-bond acceptors (Lipinski definition) is 4. The third-order valence-electron chi connectivity index (χ3n) is 4.82. The van der Waals surface area contributed by atoms with Crippen LogP contribution in [0.15, 0.2) is 64.3 Å². The molecule has 3 N–H and O–H groups in total. The molecule has 0 radical (unpaired) electrons. The predicted molar refractivity (Wildman–Crippen MR) is 120 cm³/mol. The first-order valence-corrected chi connectivity index (χ1v) is 10.2. The van der Waals surface area contributed by atoms with Gasteiger partial charge in [-0.25, -0.2) is 4.79 Å². The number of carbonyl (C=O) groups excluding carboxylic acids is 2. The molecule has 1 aliphatic rings. The lowest BCUT2D eigenvalue weighted by atomic mass is 10.0. The molecule has 2 aromatic rings. The number of nitrogens with one attached hydrogen (secondary N) is 3. The second-order valence-corrected chi connectivity index (χ2v) is 7.84. The number of nitrogens with zero attached hydrogens (tertiary/aromatic N) is 1. The Morgan fingerprint density at radius 2 is 2.03 bits per heavy atom. The summed E-state index contributed by atoms with van der Waals surface area (Å²) in [5.41, 5.74) is 2.89. The third-order valence-corrected chi connectivity index (χ3v) is 5.31. The topological polar surface area (TPSA) is 94.5 Å². The molecule has 156 valence electrons. The molecule has 0 saturated heterocycles. The van der Waals surface area contributed by atoms with Crippen LogP contribution in [0, 0.1) is 5.41 Å². The van der Waals surface area contributed by atoms with E-state index in [0.29, 0.717) is 29.1 Å². The zero-order valence-electron chi connectivity index (χ0n) is 16.7. The summed E-state index contributed by atoms with van der Waals surface area (Å²) < 4.78 is 6.56. The minimum absolute atomic E-state index is 0.0232. The summed E-state index contributed by atoms with van der Waals surface area (Å²) in [4.78, 5) is 26.8. The van der Waals surface area contributed by atoms with Crippen molar-refractivity contribution >= 4 is 39.8 Å². The molecule has 0 aliphatic carbocycles. The molecule has 0 spiro atoms. The average Bonchev–Trinajstić information content (AvgIpc) is 2.85. The van der Waals surface area contributed by atoms with Crippen LogP contribution in [-0.4, -0.2) is 37.8 Å². The Kier molecular flexibility index (Phi) is 6.89. The molecular weight excluding hydrogens is 448 g/mol. The molecule has 30 heavy (non-hydrogen) atoms. The van der Waals surface area contributed by atoms with Crippen LogP contribution >= 0.6 is 15.9 Å². The van der Waals surface area contributed by atoms with Crippen LogP contribution in [0.4, 0.5) is 10.5 Å². The fraction of sp³-hybridized carbons (Fsp3) is 0.227. The zero-order chi connectivity index (χ0) is 21.7. The number of likely N-dealkylation sites (N-methyl/N-ethyl adjacent to an activating group) is 1. The standard InChI is InChI=1S/C22H23BrN4O3/c1-14(16(12-24)10-15-6-4-3-5-7-15)25-22(29)26-18-13-30-20-9-8-17(23)11-19(20)27(2)21(18)28/h3-9,11-12,18,24H,10,13H2,1-2H3,(H2,25,26,29)/b16-14-,24-12?. The van der Waals surface area contributed by atoms with E-state index in [9.17, 15) is 9.59 Å². The fourth-order valence-electron chi connectivity index (χ4n) is 3.13. The number of ether oxygens (including phenoxy) is 1. The van der Waals surface area contributed by atoms with Crippen molar-refractivity contribution in [3.8, 4) is 5.75 Å². The molecule has 0 saturated carbocycles. The van der Waals surface area contributed by atoms with Crippen LogP contribution in [-0.2, 0) is 11.2 Å². The number of anilines is 1. The molecule has 0 aromatic heterocycles. The van der Waals surface area contributed by atoms with E-state index in [0.717, 1.165) is 10.0 Å². The van der Waals surface area contributed by atoms with Crippen LogP contribution in [0.1, 0.15) is 12.5 Å². The maximum atomic E-state index is 12.8. The van der Waals surface area contributed by atoms with Crippen molar-refractivity contribution in [3.63, 3.8) is 0 Å². The van der Waals surface area contributed by atoms with Gasteiger partial charge in [-0.05, 0) is 36.3 Å².